The lowest BCUT2D eigenvalue weighted by Crippen LogP contribution is -2.57. The van der Waals surface area contributed by atoms with Gasteiger partial charge in [0.2, 0.25) is 11.8 Å². The van der Waals surface area contributed by atoms with Crippen molar-refractivity contribution in [3.05, 3.63) is 35.6 Å². The van der Waals surface area contributed by atoms with Crippen molar-refractivity contribution < 1.29 is 14.0 Å². The lowest BCUT2D eigenvalue weighted by atomic mass is 9.67. The number of aryl methyl sites for hydroxylation is 1. The van der Waals surface area contributed by atoms with Crippen LogP contribution in [0.3, 0.4) is 0 Å². The fraction of sp³-hybridized carbons (Fsp3) is 0.579. The fourth-order valence-corrected chi connectivity index (χ4v) is 3.15. The van der Waals surface area contributed by atoms with Gasteiger partial charge in [-0.25, -0.2) is 4.39 Å². The quantitative estimate of drug-likeness (QED) is 0.754. The van der Waals surface area contributed by atoms with Crippen molar-refractivity contribution in [2.75, 3.05) is 0 Å². The minimum absolute atomic E-state index is 0.0491. The monoisotopic (exact) mass is 332 g/mol. The largest absolute Gasteiger partial charge is 0.353 e. The van der Waals surface area contributed by atoms with E-state index in [9.17, 15) is 14.0 Å². The molecule has 2 N–H and O–H groups in total. The Hall–Kier alpha value is -1.91. The van der Waals surface area contributed by atoms with Gasteiger partial charge in [0.1, 0.15) is 11.2 Å². The second-order valence-corrected chi connectivity index (χ2v) is 7.23. The van der Waals surface area contributed by atoms with E-state index in [-0.39, 0.29) is 29.7 Å². The van der Waals surface area contributed by atoms with Crippen LogP contribution in [0.25, 0.3) is 0 Å². The molecule has 1 aromatic carbocycles. The number of amides is 2. The van der Waals surface area contributed by atoms with E-state index in [1.165, 1.54) is 12.1 Å². The molecule has 0 unspecified atom stereocenters. The van der Waals surface area contributed by atoms with Crippen LogP contribution in [-0.2, 0) is 16.0 Å². The van der Waals surface area contributed by atoms with E-state index in [4.69, 9.17) is 0 Å². The van der Waals surface area contributed by atoms with Gasteiger partial charge in [-0.15, -0.1) is 0 Å². The molecular weight excluding hydrogens is 307 g/mol. The summed E-state index contributed by atoms with van der Waals surface area (Å²) in [7, 11) is 0. The van der Waals surface area contributed by atoms with Gasteiger partial charge in [-0.05, 0) is 63.1 Å². The Bertz CT molecular complexity index is 624. The standard InChI is InChI=1S/C19H25FN2O2/c1-13(6-7-14-4-2-5-15(20)12-14)21-17(23)19(10-3-11-19)18(24)22-16-8-9-16/h2,4-5,12-13,16H,3,6-11H2,1H3,(H,21,23)(H,22,24)/t13-/m0/s1. The van der Waals surface area contributed by atoms with Crippen molar-refractivity contribution in [2.24, 2.45) is 5.41 Å². The molecule has 2 aliphatic rings. The fourth-order valence-electron chi connectivity index (χ4n) is 3.15. The van der Waals surface area contributed by atoms with Gasteiger partial charge in [0.05, 0.1) is 0 Å². The summed E-state index contributed by atoms with van der Waals surface area (Å²) in [4.78, 5) is 25.1. The highest BCUT2D eigenvalue weighted by Crippen LogP contribution is 2.42. The number of hydrogen-bond donors (Lipinski definition) is 2. The molecule has 1 atom stereocenters. The van der Waals surface area contributed by atoms with Crippen LogP contribution in [0.15, 0.2) is 24.3 Å². The Morgan fingerprint density at radius 3 is 2.62 bits per heavy atom. The van der Waals surface area contributed by atoms with Crippen LogP contribution in [0.2, 0.25) is 0 Å². The van der Waals surface area contributed by atoms with E-state index in [0.717, 1.165) is 31.2 Å². The Kier molecular flexibility index (Phi) is 4.88. The molecule has 0 saturated heterocycles. The van der Waals surface area contributed by atoms with Crippen LogP contribution in [0, 0.1) is 11.2 Å². The summed E-state index contributed by atoms with van der Waals surface area (Å²) in [6, 6.07) is 6.74. The zero-order chi connectivity index (χ0) is 17.2. The summed E-state index contributed by atoms with van der Waals surface area (Å²) >= 11 is 0. The van der Waals surface area contributed by atoms with E-state index in [0.29, 0.717) is 19.3 Å². The maximum atomic E-state index is 13.2. The van der Waals surface area contributed by atoms with E-state index in [1.54, 1.807) is 6.07 Å². The van der Waals surface area contributed by atoms with E-state index in [2.05, 4.69) is 10.6 Å². The first kappa shape index (κ1) is 16.9. The second-order valence-electron chi connectivity index (χ2n) is 7.23. The van der Waals surface area contributed by atoms with Crippen LogP contribution >= 0.6 is 0 Å². The van der Waals surface area contributed by atoms with Gasteiger partial charge in [0.25, 0.3) is 0 Å². The van der Waals surface area contributed by atoms with Gasteiger partial charge in [-0.1, -0.05) is 18.6 Å². The lowest BCUT2D eigenvalue weighted by Gasteiger charge is -2.39. The van der Waals surface area contributed by atoms with Crippen molar-refractivity contribution >= 4 is 11.8 Å². The SMILES string of the molecule is C[C@@H](CCc1cccc(F)c1)NC(=O)C1(C(=O)NC2CC2)CCC1. The summed E-state index contributed by atoms with van der Waals surface area (Å²) in [5, 5.41) is 5.96. The number of rotatable bonds is 7. The van der Waals surface area contributed by atoms with Crippen molar-refractivity contribution in [3.63, 3.8) is 0 Å². The van der Waals surface area contributed by atoms with Gasteiger partial charge in [0, 0.05) is 12.1 Å². The van der Waals surface area contributed by atoms with Crippen molar-refractivity contribution in [2.45, 2.75) is 64.0 Å². The Morgan fingerprint density at radius 2 is 2.04 bits per heavy atom. The van der Waals surface area contributed by atoms with Gasteiger partial charge < -0.3 is 10.6 Å². The molecule has 0 heterocycles. The molecule has 130 valence electrons. The van der Waals surface area contributed by atoms with Gasteiger partial charge in [-0.3, -0.25) is 9.59 Å². The molecule has 0 bridgehead atoms. The molecule has 1 aromatic rings. The summed E-state index contributed by atoms with van der Waals surface area (Å²) in [5.74, 6) is -0.501. The molecule has 2 fully saturated rings. The average Bonchev–Trinajstić information content (AvgIpc) is 3.28. The zero-order valence-electron chi connectivity index (χ0n) is 14.1. The van der Waals surface area contributed by atoms with E-state index >= 15 is 0 Å². The summed E-state index contributed by atoms with van der Waals surface area (Å²) < 4.78 is 13.2. The normalized spacial score (nSPS) is 19.9. The van der Waals surface area contributed by atoms with Crippen LogP contribution < -0.4 is 10.6 Å². The van der Waals surface area contributed by atoms with Crippen LogP contribution in [0.1, 0.15) is 51.0 Å². The predicted molar refractivity (Wildman–Crippen MR) is 89.8 cm³/mol. The Balaban J connectivity index is 1.51. The summed E-state index contributed by atoms with van der Waals surface area (Å²) in [6.45, 7) is 1.93. The van der Waals surface area contributed by atoms with E-state index in [1.807, 2.05) is 13.0 Å². The molecule has 0 aromatic heterocycles. The molecule has 0 radical (unpaired) electrons. The number of benzene rings is 1. The maximum absolute atomic E-state index is 13.2. The molecule has 2 aliphatic carbocycles. The third-order valence-electron chi connectivity index (χ3n) is 5.12. The minimum atomic E-state index is -0.865. The van der Waals surface area contributed by atoms with E-state index < -0.39 is 5.41 Å². The zero-order valence-corrected chi connectivity index (χ0v) is 14.1. The third kappa shape index (κ3) is 3.77. The van der Waals surface area contributed by atoms with Gasteiger partial charge >= 0.3 is 0 Å². The van der Waals surface area contributed by atoms with Crippen molar-refractivity contribution in [3.8, 4) is 0 Å². The Morgan fingerprint density at radius 1 is 1.29 bits per heavy atom. The molecule has 3 rings (SSSR count). The lowest BCUT2D eigenvalue weighted by molar-refractivity contribution is -0.150. The third-order valence-corrected chi connectivity index (χ3v) is 5.12. The summed E-state index contributed by atoms with van der Waals surface area (Å²) in [5.41, 5.74) is 0.0522. The first-order chi connectivity index (χ1) is 11.5. The average molecular weight is 332 g/mol. The van der Waals surface area contributed by atoms with Gasteiger partial charge in [0.15, 0.2) is 0 Å². The summed E-state index contributed by atoms with van der Waals surface area (Å²) in [6.07, 6.45) is 5.64. The number of carbonyl (C=O) groups is 2. The molecule has 24 heavy (non-hydrogen) atoms. The second kappa shape index (κ2) is 6.91. The van der Waals surface area contributed by atoms with Crippen LogP contribution in [-0.4, -0.2) is 23.9 Å². The highest BCUT2D eigenvalue weighted by atomic mass is 19.1. The molecule has 2 amide bonds. The number of nitrogens with one attached hydrogen (secondary N) is 2. The Labute approximate surface area is 142 Å². The highest BCUT2D eigenvalue weighted by Gasteiger charge is 2.51. The van der Waals surface area contributed by atoms with Crippen molar-refractivity contribution in [1.29, 1.82) is 0 Å². The maximum Gasteiger partial charge on any atom is 0.235 e. The highest BCUT2D eigenvalue weighted by molar-refractivity contribution is 6.06. The molecule has 0 spiro atoms. The smallest absolute Gasteiger partial charge is 0.235 e. The predicted octanol–water partition coefficient (Wildman–Crippen LogP) is 2.71. The molecule has 5 heteroatoms. The first-order valence-electron chi connectivity index (χ1n) is 8.86. The minimum Gasteiger partial charge on any atom is -0.353 e. The molecule has 0 aliphatic heterocycles. The number of halogens is 1. The molecule has 2 saturated carbocycles. The van der Waals surface area contributed by atoms with Gasteiger partial charge in [-0.2, -0.15) is 0 Å². The molecule has 4 nitrogen and oxygen atoms in total. The molecular formula is C19H25FN2O2. The van der Waals surface area contributed by atoms with Crippen LogP contribution in [0.5, 0.6) is 0 Å². The number of hydrogen-bond acceptors (Lipinski definition) is 2. The number of carbonyl (C=O) groups excluding carboxylic acids is 2. The topological polar surface area (TPSA) is 58.2 Å². The van der Waals surface area contributed by atoms with Crippen LogP contribution in [0.4, 0.5) is 4.39 Å². The first-order valence-corrected chi connectivity index (χ1v) is 8.86. The van der Waals surface area contributed by atoms with Crippen molar-refractivity contribution in [1.82, 2.24) is 10.6 Å².